The van der Waals surface area contributed by atoms with Gasteiger partial charge in [0, 0.05) is 17.8 Å². The number of rotatable bonds is 1. The number of alkyl halides is 1. The lowest BCUT2D eigenvalue weighted by Gasteiger charge is -2.29. The molecule has 1 amide bonds. The van der Waals surface area contributed by atoms with Crippen LogP contribution in [0.4, 0.5) is 4.79 Å². The maximum atomic E-state index is 12.0. The minimum Gasteiger partial charge on any atom is -0.444 e. The molecule has 18 heavy (non-hydrogen) atoms. The fourth-order valence-electron chi connectivity index (χ4n) is 1.79. The van der Waals surface area contributed by atoms with Gasteiger partial charge in [0.25, 0.3) is 0 Å². The van der Waals surface area contributed by atoms with Gasteiger partial charge in [-0.25, -0.2) is 9.78 Å². The molecule has 0 aromatic carbocycles. The van der Waals surface area contributed by atoms with Crippen molar-refractivity contribution in [3.8, 4) is 0 Å². The Balaban J connectivity index is 2.05. The van der Waals surface area contributed by atoms with Crippen molar-refractivity contribution in [2.24, 2.45) is 0 Å². The summed E-state index contributed by atoms with van der Waals surface area (Å²) in [5.74, 6) is 0.435. The summed E-state index contributed by atoms with van der Waals surface area (Å²) >= 11 is 7.42. The van der Waals surface area contributed by atoms with Crippen molar-refractivity contribution in [3.05, 3.63) is 15.6 Å². The summed E-state index contributed by atoms with van der Waals surface area (Å²) in [6.45, 7) is 6.82. The first kappa shape index (κ1) is 13.6. The topological polar surface area (TPSA) is 42.4 Å². The number of thiazole rings is 1. The van der Waals surface area contributed by atoms with Crippen LogP contribution >= 0.6 is 22.9 Å². The number of carbonyl (C=O) groups is 1. The zero-order valence-electron chi connectivity index (χ0n) is 10.8. The molecular weight excluding hydrogens is 272 g/mol. The molecule has 0 saturated carbocycles. The largest absolute Gasteiger partial charge is 0.444 e. The zero-order chi connectivity index (χ0) is 13.3. The molecule has 6 heteroatoms. The van der Waals surface area contributed by atoms with Crippen molar-refractivity contribution in [3.63, 3.8) is 0 Å². The van der Waals surface area contributed by atoms with E-state index < -0.39 is 5.60 Å². The van der Waals surface area contributed by atoms with Crippen LogP contribution in [0.1, 0.15) is 36.3 Å². The van der Waals surface area contributed by atoms with Crippen molar-refractivity contribution in [1.82, 2.24) is 9.88 Å². The third kappa shape index (κ3) is 3.14. The molecule has 2 heterocycles. The van der Waals surface area contributed by atoms with E-state index in [4.69, 9.17) is 16.3 Å². The zero-order valence-corrected chi connectivity index (χ0v) is 12.4. The number of ether oxygens (including phenoxy) is 1. The van der Waals surface area contributed by atoms with Gasteiger partial charge in [0.15, 0.2) is 0 Å². The number of hydrogen-bond acceptors (Lipinski definition) is 4. The summed E-state index contributed by atoms with van der Waals surface area (Å²) in [5.41, 5.74) is 0.508. The minimum atomic E-state index is -0.458. The second-order valence-corrected chi connectivity index (χ2v) is 6.70. The first-order valence-electron chi connectivity index (χ1n) is 5.90. The highest BCUT2D eigenvalue weighted by Crippen LogP contribution is 2.26. The molecule has 0 fully saturated rings. The number of amides is 1. The van der Waals surface area contributed by atoms with Gasteiger partial charge in [0.2, 0.25) is 0 Å². The standard InChI is InChI=1S/C12H17ClN2O2S/c1-12(2,3)17-11(16)15-5-4-9-8(7-15)14-10(6-13)18-9/h4-7H2,1-3H3. The average Bonchev–Trinajstić information content (AvgIpc) is 2.68. The van der Waals surface area contributed by atoms with Gasteiger partial charge in [-0.05, 0) is 20.8 Å². The third-order valence-electron chi connectivity index (χ3n) is 2.54. The lowest BCUT2D eigenvalue weighted by atomic mass is 10.2. The van der Waals surface area contributed by atoms with Crippen molar-refractivity contribution < 1.29 is 9.53 Å². The number of fused-ring (bicyclic) bond motifs is 1. The predicted octanol–water partition coefficient (Wildman–Crippen LogP) is 3.18. The minimum absolute atomic E-state index is 0.270. The fourth-order valence-corrected chi connectivity index (χ4v) is 2.93. The smallest absolute Gasteiger partial charge is 0.410 e. The van der Waals surface area contributed by atoms with Crippen LogP contribution in [-0.4, -0.2) is 28.1 Å². The number of hydrogen-bond donors (Lipinski definition) is 0. The Hall–Kier alpha value is -0.810. The third-order valence-corrected chi connectivity index (χ3v) is 4.11. The molecule has 0 saturated heterocycles. The van der Waals surface area contributed by atoms with Crippen LogP contribution in [0.2, 0.25) is 0 Å². The molecular formula is C12H17ClN2O2S. The van der Waals surface area contributed by atoms with Gasteiger partial charge in [-0.3, -0.25) is 0 Å². The highest BCUT2D eigenvalue weighted by Gasteiger charge is 2.27. The van der Waals surface area contributed by atoms with E-state index in [2.05, 4.69) is 4.98 Å². The molecule has 0 atom stereocenters. The number of nitrogens with zero attached hydrogens (tertiary/aromatic N) is 2. The molecule has 0 radical (unpaired) electrons. The van der Waals surface area contributed by atoms with Crippen LogP contribution < -0.4 is 0 Å². The molecule has 0 N–H and O–H groups in total. The molecule has 1 aromatic heterocycles. The lowest BCUT2D eigenvalue weighted by Crippen LogP contribution is -2.39. The predicted molar refractivity (Wildman–Crippen MR) is 72.0 cm³/mol. The fraction of sp³-hybridized carbons (Fsp3) is 0.667. The number of carbonyl (C=O) groups excluding carboxylic acids is 1. The monoisotopic (exact) mass is 288 g/mol. The molecule has 2 rings (SSSR count). The van der Waals surface area contributed by atoms with Gasteiger partial charge in [-0.15, -0.1) is 22.9 Å². The maximum Gasteiger partial charge on any atom is 0.410 e. The van der Waals surface area contributed by atoms with E-state index in [-0.39, 0.29) is 6.09 Å². The van der Waals surface area contributed by atoms with Crippen LogP contribution in [-0.2, 0) is 23.6 Å². The van der Waals surface area contributed by atoms with E-state index in [0.29, 0.717) is 19.0 Å². The highest BCUT2D eigenvalue weighted by atomic mass is 35.5. The van der Waals surface area contributed by atoms with E-state index in [1.165, 1.54) is 4.88 Å². The van der Waals surface area contributed by atoms with Crippen molar-refractivity contribution >= 4 is 29.0 Å². The van der Waals surface area contributed by atoms with E-state index in [0.717, 1.165) is 17.1 Å². The average molecular weight is 289 g/mol. The molecule has 0 spiro atoms. The van der Waals surface area contributed by atoms with Crippen LogP contribution in [0.25, 0.3) is 0 Å². The molecule has 1 aliphatic rings. The second-order valence-electron chi connectivity index (χ2n) is 5.26. The summed E-state index contributed by atoms with van der Waals surface area (Å²) in [6, 6.07) is 0. The molecule has 0 aliphatic carbocycles. The summed E-state index contributed by atoms with van der Waals surface area (Å²) in [4.78, 5) is 19.3. The van der Waals surface area contributed by atoms with E-state index >= 15 is 0 Å². The molecule has 0 bridgehead atoms. The Bertz CT molecular complexity index is 453. The summed E-state index contributed by atoms with van der Waals surface area (Å²) in [5, 5.41) is 0.924. The van der Waals surface area contributed by atoms with E-state index in [1.54, 1.807) is 16.2 Å². The first-order chi connectivity index (χ1) is 8.39. The molecule has 100 valence electrons. The highest BCUT2D eigenvalue weighted by molar-refractivity contribution is 7.12. The Kier molecular flexibility index (Phi) is 3.82. The van der Waals surface area contributed by atoms with Crippen molar-refractivity contribution in [2.45, 2.75) is 45.2 Å². The SMILES string of the molecule is CC(C)(C)OC(=O)N1CCc2sc(CCl)nc2C1. The van der Waals surface area contributed by atoms with Gasteiger partial charge < -0.3 is 9.64 Å². The van der Waals surface area contributed by atoms with Crippen LogP contribution in [0.3, 0.4) is 0 Å². The molecule has 0 unspecified atom stereocenters. The second kappa shape index (κ2) is 5.05. The van der Waals surface area contributed by atoms with Crippen LogP contribution in [0.15, 0.2) is 0 Å². The van der Waals surface area contributed by atoms with Gasteiger partial charge in [-0.2, -0.15) is 0 Å². The lowest BCUT2D eigenvalue weighted by molar-refractivity contribution is 0.0222. The Labute approximate surface area is 116 Å². The Morgan fingerprint density at radius 3 is 2.89 bits per heavy atom. The summed E-state index contributed by atoms with van der Waals surface area (Å²) in [7, 11) is 0. The van der Waals surface area contributed by atoms with Gasteiger partial charge >= 0.3 is 6.09 Å². The van der Waals surface area contributed by atoms with E-state index in [9.17, 15) is 4.79 Å². The summed E-state index contributed by atoms with van der Waals surface area (Å²) in [6.07, 6.45) is 0.567. The molecule has 4 nitrogen and oxygen atoms in total. The molecule has 1 aliphatic heterocycles. The van der Waals surface area contributed by atoms with Crippen molar-refractivity contribution in [1.29, 1.82) is 0 Å². The number of halogens is 1. The van der Waals surface area contributed by atoms with E-state index in [1.807, 2.05) is 20.8 Å². The van der Waals surface area contributed by atoms with Crippen LogP contribution in [0.5, 0.6) is 0 Å². The Morgan fingerprint density at radius 1 is 1.56 bits per heavy atom. The van der Waals surface area contributed by atoms with Crippen molar-refractivity contribution in [2.75, 3.05) is 6.54 Å². The normalized spacial score (nSPS) is 15.4. The van der Waals surface area contributed by atoms with Gasteiger partial charge in [0.05, 0.1) is 18.1 Å². The van der Waals surface area contributed by atoms with Gasteiger partial charge in [-0.1, -0.05) is 0 Å². The molecule has 1 aromatic rings. The first-order valence-corrected chi connectivity index (χ1v) is 7.25. The summed E-state index contributed by atoms with van der Waals surface area (Å²) < 4.78 is 5.36. The quantitative estimate of drug-likeness (QED) is 0.746. The van der Waals surface area contributed by atoms with Gasteiger partial charge in [0.1, 0.15) is 10.6 Å². The maximum absolute atomic E-state index is 12.0. The Morgan fingerprint density at radius 2 is 2.28 bits per heavy atom. The van der Waals surface area contributed by atoms with Crippen LogP contribution in [0, 0.1) is 0 Å². The number of aromatic nitrogens is 1.